The second kappa shape index (κ2) is 8.24. The number of sulfonamides is 1. The zero-order valence-electron chi connectivity index (χ0n) is 14.9. The van der Waals surface area contributed by atoms with Crippen LogP contribution in [0.1, 0.15) is 19.5 Å². The minimum Gasteiger partial charge on any atom is -0.369 e. The van der Waals surface area contributed by atoms with E-state index >= 15 is 0 Å². The third kappa shape index (κ3) is 4.99. The minimum absolute atomic E-state index is 0.125. The Bertz CT molecular complexity index is 870. The topological polar surface area (TPSA) is 105 Å². The molecule has 1 heterocycles. The molecule has 0 spiro atoms. The van der Waals surface area contributed by atoms with Crippen LogP contribution in [0.5, 0.6) is 0 Å². The normalized spacial score (nSPS) is 11.5. The van der Waals surface area contributed by atoms with Crippen LogP contribution in [0.15, 0.2) is 47.5 Å². The lowest BCUT2D eigenvalue weighted by Crippen LogP contribution is -2.30. The van der Waals surface area contributed by atoms with Crippen molar-refractivity contribution in [2.45, 2.75) is 31.2 Å². The smallest absolute Gasteiger partial charge is 0.293 e. The van der Waals surface area contributed by atoms with Gasteiger partial charge in [-0.15, -0.1) is 0 Å². The Hall–Kier alpha value is -2.52. The highest BCUT2D eigenvalue weighted by atomic mass is 32.2. The standard InChI is InChI=1S/C17H22N4O4S/c1-13(2)19-26(24,25)15-7-8-16(17(12-15)21(22)23)20(3)11-9-14-6-4-5-10-18-14/h4-8,10,12-13,19H,9,11H2,1-3H3. The predicted molar refractivity (Wildman–Crippen MR) is 99.8 cm³/mol. The maximum atomic E-state index is 12.3. The molecule has 0 aliphatic heterocycles. The second-order valence-corrected chi connectivity index (χ2v) is 7.89. The molecule has 0 saturated carbocycles. The third-order valence-corrected chi connectivity index (χ3v) is 5.34. The number of rotatable bonds is 8. The van der Waals surface area contributed by atoms with Crippen molar-refractivity contribution in [1.82, 2.24) is 9.71 Å². The number of hydrogen-bond donors (Lipinski definition) is 1. The number of pyridine rings is 1. The van der Waals surface area contributed by atoms with Gasteiger partial charge < -0.3 is 4.90 Å². The number of aromatic nitrogens is 1. The highest BCUT2D eigenvalue weighted by Crippen LogP contribution is 2.30. The van der Waals surface area contributed by atoms with Crippen molar-refractivity contribution in [3.63, 3.8) is 0 Å². The van der Waals surface area contributed by atoms with Gasteiger partial charge in [0.25, 0.3) is 5.69 Å². The molecule has 1 aromatic carbocycles. The lowest BCUT2D eigenvalue weighted by Gasteiger charge is -2.19. The van der Waals surface area contributed by atoms with Gasteiger partial charge in [0, 0.05) is 44.0 Å². The van der Waals surface area contributed by atoms with E-state index in [-0.39, 0.29) is 16.6 Å². The molecule has 140 valence electrons. The van der Waals surface area contributed by atoms with E-state index in [0.29, 0.717) is 18.7 Å². The molecular weight excluding hydrogens is 356 g/mol. The van der Waals surface area contributed by atoms with Crippen LogP contribution in [0.4, 0.5) is 11.4 Å². The van der Waals surface area contributed by atoms with E-state index in [1.807, 2.05) is 18.2 Å². The van der Waals surface area contributed by atoms with Crippen LogP contribution in [0.3, 0.4) is 0 Å². The van der Waals surface area contributed by atoms with Gasteiger partial charge in [-0.05, 0) is 38.1 Å². The Kier molecular flexibility index (Phi) is 6.27. The van der Waals surface area contributed by atoms with Gasteiger partial charge in [-0.1, -0.05) is 6.07 Å². The van der Waals surface area contributed by atoms with Crippen molar-refractivity contribution < 1.29 is 13.3 Å². The van der Waals surface area contributed by atoms with Crippen LogP contribution < -0.4 is 9.62 Å². The van der Waals surface area contributed by atoms with Crippen molar-refractivity contribution in [1.29, 1.82) is 0 Å². The first-order valence-electron chi connectivity index (χ1n) is 8.12. The first-order valence-corrected chi connectivity index (χ1v) is 9.61. The van der Waals surface area contributed by atoms with Gasteiger partial charge in [0.1, 0.15) is 5.69 Å². The highest BCUT2D eigenvalue weighted by Gasteiger charge is 2.23. The third-order valence-electron chi connectivity index (χ3n) is 3.69. The van der Waals surface area contributed by atoms with Crippen molar-refractivity contribution in [2.24, 2.45) is 0 Å². The van der Waals surface area contributed by atoms with E-state index in [0.717, 1.165) is 11.8 Å². The van der Waals surface area contributed by atoms with Gasteiger partial charge in [0.05, 0.1) is 9.82 Å². The Balaban J connectivity index is 2.27. The van der Waals surface area contributed by atoms with Crippen molar-refractivity contribution >= 4 is 21.4 Å². The Morgan fingerprint density at radius 2 is 2.00 bits per heavy atom. The monoisotopic (exact) mass is 378 g/mol. The molecule has 9 heteroatoms. The molecule has 0 aliphatic rings. The minimum atomic E-state index is -3.80. The van der Waals surface area contributed by atoms with Gasteiger partial charge in [0.15, 0.2) is 0 Å². The molecule has 2 aromatic rings. The van der Waals surface area contributed by atoms with E-state index in [9.17, 15) is 18.5 Å². The maximum Gasteiger partial charge on any atom is 0.293 e. The van der Waals surface area contributed by atoms with E-state index in [4.69, 9.17) is 0 Å². The summed E-state index contributed by atoms with van der Waals surface area (Å²) in [6, 6.07) is 9.22. The molecular formula is C17H22N4O4S. The molecule has 26 heavy (non-hydrogen) atoms. The maximum absolute atomic E-state index is 12.3. The molecule has 0 amide bonds. The van der Waals surface area contributed by atoms with Crippen LogP contribution in [-0.2, 0) is 16.4 Å². The zero-order valence-corrected chi connectivity index (χ0v) is 15.7. The van der Waals surface area contributed by atoms with Gasteiger partial charge in [0.2, 0.25) is 10.0 Å². The summed E-state index contributed by atoms with van der Waals surface area (Å²) in [7, 11) is -2.07. The number of nitro benzene ring substituents is 1. The fraction of sp³-hybridized carbons (Fsp3) is 0.353. The summed E-state index contributed by atoms with van der Waals surface area (Å²) in [6.45, 7) is 3.88. The largest absolute Gasteiger partial charge is 0.369 e. The zero-order chi connectivity index (χ0) is 19.3. The van der Waals surface area contributed by atoms with E-state index in [1.165, 1.54) is 12.1 Å². The first kappa shape index (κ1) is 19.8. The van der Waals surface area contributed by atoms with Crippen molar-refractivity contribution in [3.05, 3.63) is 58.4 Å². The summed E-state index contributed by atoms with van der Waals surface area (Å²) in [5.41, 5.74) is 0.983. The SMILES string of the molecule is CC(C)NS(=O)(=O)c1ccc(N(C)CCc2ccccn2)c([N+](=O)[O-])c1. The lowest BCUT2D eigenvalue weighted by molar-refractivity contribution is -0.384. The summed E-state index contributed by atoms with van der Waals surface area (Å²) in [5.74, 6) is 0. The molecule has 0 bridgehead atoms. The number of likely N-dealkylation sites (N-methyl/N-ethyl adjacent to an activating group) is 1. The molecule has 2 rings (SSSR count). The molecule has 1 aromatic heterocycles. The van der Waals surface area contributed by atoms with Crippen LogP contribution in [0.25, 0.3) is 0 Å². The molecule has 0 atom stereocenters. The number of nitrogens with zero attached hydrogens (tertiary/aromatic N) is 3. The summed E-state index contributed by atoms with van der Waals surface area (Å²) in [6.07, 6.45) is 2.31. The Morgan fingerprint density at radius 3 is 2.58 bits per heavy atom. The van der Waals surface area contributed by atoms with Gasteiger partial charge in [-0.3, -0.25) is 15.1 Å². The molecule has 0 fully saturated rings. The number of benzene rings is 1. The van der Waals surface area contributed by atoms with E-state index < -0.39 is 14.9 Å². The highest BCUT2D eigenvalue weighted by molar-refractivity contribution is 7.89. The van der Waals surface area contributed by atoms with E-state index in [1.54, 1.807) is 32.0 Å². The van der Waals surface area contributed by atoms with Crippen molar-refractivity contribution in [2.75, 3.05) is 18.5 Å². The van der Waals surface area contributed by atoms with Crippen LogP contribution in [-0.4, -0.2) is 38.0 Å². The molecule has 0 radical (unpaired) electrons. The fourth-order valence-electron chi connectivity index (χ4n) is 2.47. The number of nitro groups is 1. The molecule has 8 nitrogen and oxygen atoms in total. The molecule has 1 N–H and O–H groups in total. The fourth-order valence-corrected chi connectivity index (χ4v) is 3.74. The summed E-state index contributed by atoms with van der Waals surface area (Å²) in [4.78, 5) is 16.7. The number of anilines is 1. The van der Waals surface area contributed by atoms with Gasteiger partial charge in [-0.25, -0.2) is 13.1 Å². The average Bonchev–Trinajstić information content (AvgIpc) is 2.59. The molecule has 0 saturated heterocycles. The predicted octanol–water partition coefficient (Wildman–Crippen LogP) is 2.36. The van der Waals surface area contributed by atoms with E-state index in [2.05, 4.69) is 9.71 Å². The quantitative estimate of drug-likeness (QED) is 0.558. The first-order chi connectivity index (χ1) is 12.2. The number of hydrogen-bond acceptors (Lipinski definition) is 6. The van der Waals surface area contributed by atoms with Gasteiger partial charge >= 0.3 is 0 Å². The second-order valence-electron chi connectivity index (χ2n) is 6.18. The van der Waals surface area contributed by atoms with Gasteiger partial charge in [-0.2, -0.15) is 0 Å². The molecule has 0 aliphatic carbocycles. The lowest BCUT2D eigenvalue weighted by atomic mass is 10.2. The Labute approximate surface area is 153 Å². The van der Waals surface area contributed by atoms with Crippen LogP contribution >= 0.6 is 0 Å². The number of nitrogens with one attached hydrogen (secondary N) is 1. The van der Waals surface area contributed by atoms with Crippen LogP contribution in [0.2, 0.25) is 0 Å². The summed E-state index contributed by atoms with van der Waals surface area (Å²) in [5, 5.41) is 11.5. The average molecular weight is 378 g/mol. The summed E-state index contributed by atoms with van der Waals surface area (Å²) >= 11 is 0. The van der Waals surface area contributed by atoms with Crippen molar-refractivity contribution in [3.8, 4) is 0 Å². The Morgan fingerprint density at radius 1 is 1.27 bits per heavy atom. The van der Waals surface area contributed by atoms with Crippen LogP contribution in [0, 0.1) is 10.1 Å². The molecule has 0 unspecified atom stereocenters. The summed E-state index contributed by atoms with van der Waals surface area (Å²) < 4.78 is 26.9.